The van der Waals surface area contributed by atoms with Crippen molar-refractivity contribution < 1.29 is 0 Å². The van der Waals surface area contributed by atoms with Crippen LogP contribution in [0.4, 0.5) is 0 Å². The summed E-state index contributed by atoms with van der Waals surface area (Å²) >= 11 is 3.92. The molecule has 0 amide bonds. The van der Waals surface area contributed by atoms with Crippen molar-refractivity contribution in [2.75, 3.05) is 5.75 Å². The van der Waals surface area contributed by atoms with Crippen LogP contribution in [0.25, 0.3) is 0 Å². The summed E-state index contributed by atoms with van der Waals surface area (Å²) in [6, 6.07) is 1.06. The first kappa shape index (κ1) is 12.4. The number of thioether (sulfide) groups is 1. The van der Waals surface area contributed by atoms with Crippen LogP contribution in [0.3, 0.4) is 0 Å². The molecule has 16 heavy (non-hydrogen) atoms. The highest BCUT2D eigenvalue weighted by Crippen LogP contribution is 2.29. The van der Waals surface area contributed by atoms with E-state index in [0.717, 1.165) is 11.7 Å². The zero-order valence-electron chi connectivity index (χ0n) is 10.2. The second-order valence-electron chi connectivity index (χ2n) is 4.38. The maximum absolute atomic E-state index is 4.50. The van der Waals surface area contributed by atoms with Gasteiger partial charge >= 0.3 is 0 Å². The molecule has 1 aromatic heterocycles. The lowest BCUT2D eigenvalue weighted by Crippen LogP contribution is -2.35. The van der Waals surface area contributed by atoms with E-state index in [2.05, 4.69) is 42.8 Å². The van der Waals surface area contributed by atoms with Gasteiger partial charge in [0.15, 0.2) is 0 Å². The fourth-order valence-corrected chi connectivity index (χ4v) is 4.11. The summed E-state index contributed by atoms with van der Waals surface area (Å²) in [6.07, 6.45) is 4.41. The highest BCUT2D eigenvalue weighted by atomic mass is 32.2. The summed E-state index contributed by atoms with van der Waals surface area (Å²) in [5.41, 5.74) is 0. The van der Waals surface area contributed by atoms with Gasteiger partial charge in [-0.2, -0.15) is 11.8 Å². The molecule has 3 unspecified atom stereocenters. The van der Waals surface area contributed by atoms with Crippen molar-refractivity contribution in [3.05, 3.63) is 16.1 Å². The minimum absolute atomic E-state index is 0.399. The molecule has 1 aromatic rings. The second-order valence-corrected chi connectivity index (χ2v) is 7.01. The predicted octanol–water partition coefficient (Wildman–Crippen LogP) is 3.25. The molecule has 0 aromatic carbocycles. The average molecular weight is 256 g/mol. The molecule has 1 aliphatic heterocycles. The van der Waals surface area contributed by atoms with Crippen molar-refractivity contribution in [3.63, 3.8) is 0 Å². The van der Waals surface area contributed by atoms with Crippen molar-refractivity contribution in [1.82, 2.24) is 10.3 Å². The van der Waals surface area contributed by atoms with Gasteiger partial charge < -0.3 is 5.32 Å². The molecule has 0 aliphatic carbocycles. The van der Waals surface area contributed by atoms with Crippen LogP contribution in [-0.2, 0) is 6.42 Å². The van der Waals surface area contributed by atoms with Crippen LogP contribution in [0.15, 0.2) is 6.20 Å². The number of thiazole rings is 1. The molecular formula is C12H20N2S2. The SMILES string of the molecule is CCc1cnc(C(C)NC2CCSC2C)s1. The highest BCUT2D eigenvalue weighted by molar-refractivity contribution is 8.00. The Morgan fingerprint density at radius 3 is 3.00 bits per heavy atom. The van der Waals surface area contributed by atoms with Gasteiger partial charge in [0.25, 0.3) is 0 Å². The average Bonchev–Trinajstić information content (AvgIpc) is 2.88. The molecule has 1 saturated heterocycles. The molecule has 0 radical (unpaired) electrons. The van der Waals surface area contributed by atoms with Gasteiger partial charge in [-0.1, -0.05) is 13.8 Å². The second kappa shape index (κ2) is 5.52. The van der Waals surface area contributed by atoms with Gasteiger partial charge in [0.1, 0.15) is 5.01 Å². The molecule has 0 saturated carbocycles. The van der Waals surface area contributed by atoms with Crippen molar-refractivity contribution in [2.24, 2.45) is 0 Å². The van der Waals surface area contributed by atoms with Gasteiger partial charge in [0, 0.05) is 22.4 Å². The summed E-state index contributed by atoms with van der Waals surface area (Å²) in [5.74, 6) is 1.30. The molecular weight excluding hydrogens is 236 g/mol. The van der Waals surface area contributed by atoms with Crippen LogP contribution in [0.2, 0.25) is 0 Å². The van der Waals surface area contributed by atoms with E-state index in [-0.39, 0.29) is 0 Å². The summed E-state index contributed by atoms with van der Waals surface area (Å²) in [7, 11) is 0. The topological polar surface area (TPSA) is 24.9 Å². The first-order valence-corrected chi connectivity index (χ1v) is 7.89. The van der Waals surface area contributed by atoms with Crippen LogP contribution in [0.1, 0.15) is 43.1 Å². The summed E-state index contributed by atoms with van der Waals surface area (Å²) in [6.45, 7) is 6.74. The van der Waals surface area contributed by atoms with E-state index in [9.17, 15) is 0 Å². The number of hydrogen-bond donors (Lipinski definition) is 1. The minimum Gasteiger partial charge on any atom is -0.304 e. The Bertz CT molecular complexity index is 338. The van der Waals surface area contributed by atoms with Crippen LogP contribution >= 0.6 is 23.1 Å². The Morgan fingerprint density at radius 1 is 1.62 bits per heavy atom. The first-order valence-electron chi connectivity index (χ1n) is 6.03. The van der Waals surface area contributed by atoms with Gasteiger partial charge in [0.2, 0.25) is 0 Å². The number of aryl methyl sites for hydroxylation is 1. The zero-order chi connectivity index (χ0) is 11.5. The van der Waals surface area contributed by atoms with E-state index < -0.39 is 0 Å². The van der Waals surface area contributed by atoms with Gasteiger partial charge in [0.05, 0.1) is 6.04 Å². The van der Waals surface area contributed by atoms with E-state index in [4.69, 9.17) is 0 Å². The van der Waals surface area contributed by atoms with E-state index in [1.54, 1.807) is 0 Å². The number of nitrogens with zero attached hydrogens (tertiary/aromatic N) is 1. The smallest absolute Gasteiger partial charge is 0.109 e. The first-order chi connectivity index (χ1) is 7.70. The molecule has 2 nitrogen and oxygen atoms in total. The largest absolute Gasteiger partial charge is 0.304 e. The van der Waals surface area contributed by atoms with E-state index in [1.807, 2.05) is 17.5 Å². The minimum atomic E-state index is 0.399. The molecule has 2 rings (SSSR count). The Labute approximate surface area is 106 Å². The molecule has 1 aliphatic rings. The Morgan fingerprint density at radius 2 is 2.44 bits per heavy atom. The molecule has 3 atom stereocenters. The summed E-state index contributed by atoms with van der Waals surface area (Å²) < 4.78 is 0. The monoisotopic (exact) mass is 256 g/mol. The highest BCUT2D eigenvalue weighted by Gasteiger charge is 2.25. The fourth-order valence-electron chi connectivity index (χ4n) is 2.03. The molecule has 1 fully saturated rings. The maximum atomic E-state index is 4.50. The number of nitrogens with one attached hydrogen (secondary N) is 1. The lowest BCUT2D eigenvalue weighted by Gasteiger charge is -2.20. The molecule has 4 heteroatoms. The lowest BCUT2D eigenvalue weighted by atomic mass is 10.1. The van der Waals surface area contributed by atoms with E-state index in [0.29, 0.717) is 12.1 Å². The summed E-state index contributed by atoms with van der Waals surface area (Å²) in [4.78, 5) is 5.89. The number of hydrogen-bond acceptors (Lipinski definition) is 4. The van der Waals surface area contributed by atoms with Gasteiger partial charge in [-0.15, -0.1) is 11.3 Å². The van der Waals surface area contributed by atoms with Crippen molar-refractivity contribution >= 4 is 23.1 Å². The number of rotatable bonds is 4. The third-order valence-electron chi connectivity index (χ3n) is 3.13. The Kier molecular flexibility index (Phi) is 4.27. The molecule has 90 valence electrons. The van der Waals surface area contributed by atoms with E-state index in [1.165, 1.54) is 22.1 Å². The molecule has 1 N–H and O–H groups in total. The van der Waals surface area contributed by atoms with Gasteiger partial charge in [-0.25, -0.2) is 4.98 Å². The third kappa shape index (κ3) is 2.79. The normalized spacial score (nSPS) is 27.2. The fraction of sp³-hybridized carbons (Fsp3) is 0.750. The Hall–Kier alpha value is -0.0600. The van der Waals surface area contributed by atoms with Crippen molar-refractivity contribution in [3.8, 4) is 0 Å². The van der Waals surface area contributed by atoms with Crippen molar-refractivity contribution in [1.29, 1.82) is 0 Å². The predicted molar refractivity (Wildman–Crippen MR) is 73.4 cm³/mol. The maximum Gasteiger partial charge on any atom is 0.109 e. The molecule has 0 bridgehead atoms. The van der Waals surface area contributed by atoms with Gasteiger partial charge in [-0.05, 0) is 25.5 Å². The van der Waals surface area contributed by atoms with Crippen LogP contribution < -0.4 is 5.32 Å². The van der Waals surface area contributed by atoms with Crippen LogP contribution in [-0.4, -0.2) is 22.0 Å². The van der Waals surface area contributed by atoms with Crippen LogP contribution in [0, 0.1) is 0 Å². The third-order valence-corrected chi connectivity index (χ3v) is 5.78. The Balaban J connectivity index is 1.94. The van der Waals surface area contributed by atoms with Gasteiger partial charge in [-0.3, -0.25) is 0 Å². The van der Waals surface area contributed by atoms with Crippen LogP contribution in [0.5, 0.6) is 0 Å². The zero-order valence-corrected chi connectivity index (χ0v) is 11.8. The summed E-state index contributed by atoms with van der Waals surface area (Å²) in [5, 5.41) is 5.69. The van der Waals surface area contributed by atoms with Crippen molar-refractivity contribution in [2.45, 2.75) is 50.9 Å². The molecule has 2 heterocycles. The quantitative estimate of drug-likeness (QED) is 0.895. The van der Waals surface area contributed by atoms with E-state index >= 15 is 0 Å². The lowest BCUT2D eigenvalue weighted by molar-refractivity contribution is 0.453. The molecule has 0 spiro atoms. The standard InChI is InChI=1S/C12H20N2S2/c1-4-10-7-13-12(16-10)8(2)14-11-5-6-15-9(11)3/h7-9,11,14H,4-6H2,1-3H3. The number of aromatic nitrogens is 1.